The molecule has 0 unspecified atom stereocenters. The summed E-state index contributed by atoms with van der Waals surface area (Å²) in [6.07, 6.45) is 3.52. The highest BCUT2D eigenvalue weighted by atomic mass is 32.2. The minimum atomic E-state index is -0.642. The number of thioether (sulfide) groups is 1. The van der Waals surface area contributed by atoms with Gasteiger partial charge in [-0.05, 0) is 50.3 Å². The molecule has 0 saturated heterocycles. The number of nitrogens with two attached hydrogens (primary N) is 1. The van der Waals surface area contributed by atoms with E-state index in [4.69, 9.17) is 5.73 Å². The summed E-state index contributed by atoms with van der Waals surface area (Å²) in [5.41, 5.74) is 7.07. The van der Waals surface area contributed by atoms with E-state index >= 15 is 0 Å². The Morgan fingerprint density at radius 1 is 1.50 bits per heavy atom. The minimum Gasteiger partial charge on any atom is -0.398 e. The van der Waals surface area contributed by atoms with Gasteiger partial charge in [-0.25, -0.2) is 0 Å². The molecule has 3 N–H and O–H groups in total. The first-order chi connectivity index (χ1) is 9.54. The largest absolute Gasteiger partial charge is 0.398 e. The fourth-order valence-corrected chi connectivity index (χ4v) is 3.24. The lowest BCUT2D eigenvalue weighted by Crippen LogP contribution is -2.45. The van der Waals surface area contributed by atoms with Crippen LogP contribution in [0, 0.1) is 18.3 Å². The molecule has 0 aliphatic heterocycles. The number of benzene rings is 1. The van der Waals surface area contributed by atoms with Crippen LogP contribution in [0.1, 0.15) is 31.2 Å². The number of nitriles is 1. The number of nitrogens with zero attached hydrogens (tertiary/aromatic N) is 1. The molecule has 0 radical (unpaired) electrons. The van der Waals surface area contributed by atoms with Gasteiger partial charge in [0.15, 0.2) is 0 Å². The van der Waals surface area contributed by atoms with Crippen LogP contribution in [0.2, 0.25) is 0 Å². The predicted molar refractivity (Wildman–Crippen MR) is 81.3 cm³/mol. The second kappa shape index (κ2) is 6.19. The average molecular weight is 289 g/mol. The summed E-state index contributed by atoms with van der Waals surface area (Å²) in [6, 6.07) is 8.06. The lowest BCUT2D eigenvalue weighted by Gasteiger charge is -2.21. The maximum absolute atomic E-state index is 12.0. The molecule has 4 nitrogen and oxygen atoms in total. The van der Waals surface area contributed by atoms with Crippen molar-refractivity contribution in [1.82, 2.24) is 5.32 Å². The molecule has 1 aromatic rings. The van der Waals surface area contributed by atoms with Gasteiger partial charge in [0.05, 0.1) is 11.8 Å². The van der Waals surface area contributed by atoms with Gasteiger partial charge in [-0.15, -0.1) is 11.8 Å². The Morgan fingerprint density at radius 3 is 2.80 bits per heavy atom. The van der Waals surface area contributed by atoms with Gasteiger partial charge in [0.2, 0.25) is 5.91 Å². The number of hydrogen-bond donors (Lipinski definition) is 2. The topological polar surface area (TPSA) is 78.9 Å². The van der Waals surface area contributed by atoms with Gasteiger partial charge in [-0.1, -0.05) is 6.07 Å². The quantitative estimate of drug-likeness (QED) is 0.659. The molecule has 1 aromatic carbocycles. The standard InChI is InChI=1S/C15H19N3OS/c1-11-4-5-13(12(17)8-11)20-9-14(19)18-15(10-16)6-2-3-7-15/h4-5,8H,2-3,6-7,9,17H2,1H3,(H,18,19). The average Bonchev–Trinajstić information content (AvgIpc) is 2.87. The first-order valence-corrected chi connectivity index (χ1v) is 7.74. The zero-order valence-corrected chi connectivity index (χ0v) is 12.4. The molecular formula is C15H19N3OS. The molecule has 2 rings (SSSR count). The van der Waals surface area contributed by atoms with E-state index in [0.717, 1.165) is 36.1 Å². The van der Waals surface area contributed by atoms with Gasteiger partial charge in [0, 0.05) is 10.6 Å². The molecule has 1 amide bonds. The lowest BCUT2D eigenvalue weighted by atomic mass is 10.0. The lowest BCUT2D eigenvalue weighted by molar-refractivity contribution is -0.119. The van der Waals surface area contributed by atoms with Gasteiger partial charge < -0.3 is 11.1 Å². The van der Waals surface area contributed by atoms with Crippen molar-refractivity contribution >= 4 is 23.4 Å². The van der Waals surface area contributed by atoms with Crippen LogP contribution in [0.25, 0.3) is 0 Å². The Bertz CT molecular complexity index is 545. The maximum atomic E-state index is 12.0. The summed E-state index contributed by atoms with van der Waals surface area (Å²) < 4.78 is 0. The fraction of sp³-hybridized carbons (Fsp3) is 0.467. The van der Waals surface area contributed by atoms with E-state index in [1.165, 1.54) is 11.8 Å². The highest BCUT2D eigenvalue weighted by molar-refractivity contribution is 8.00. The summed E-state index contributed by atoms with van der Waals surface area (Å²) in [5, 5.41) is 12.1. The van der Waals surface area contributed by atoms with Gasteiger partial charge in [-0.2, -0.15) is 5.26 Å². The summed E-state index contributed by atoms with van der Waals surface area (Å²) in [5.74, 6) is 0.190. The van der Waals surface area contributed by atoms with Crippen molar-refractivity contribution in [2.24, 2.45) is 0 Å². The number of rotatable bonds is 4. The van der Waals surface area contributed by atoms with Crippen molar-refractivity contribution < 1.29 is 4.79 Å². The number of aryl methyl sites for hydroxylation is 1. The van der Waals surface area contributed by atoms with Crippen LogP contribution in [-0.2, 0) is 4.79 Å². The highest BCUT2D eigenvalue weighted by Gasteiger charge is 2.35. The summed E-state index contributed by atoms with van der Waals surface area (Å²) in [4.78, 5) is 12.9. The van der Waals surface area contributed by atoms with E-state index in [1.54, 1.807) is 0 Å². The SMILES string of the molecule is Cc1ccc(SCC(=O)NC2(C#N)CCCC2)c(N)c1. The van der Waals surface area contributed by atoms with Crippen molar-refractivity contribution in [2.75, 3.05) is 11.5 Å². The first-order valence-electron chi connectivity index (χ1n) is 6.76. The monoisotopic (exact) mass is 289 g/mol. The van der Waals surface area contributed by atoms with Crippen molar-refractivity contribution in [3.63, 3.8) is 0 Å². The molecule has 0 atom stereocenters. The van der Waals surface area contributed by atoms with Crippen molar-refractivity contribution in [2.45, 2.75) is 43.0 Å². The van der Waals surface area contributed by atoms with E-state index < -0.39 is 5.54 Å². The van der Waals surface area contributed by atoms with Crippen LogP contribution in [0.3, 0.4) is 0 Å². The van der Waals surface area contributed by atoms with E-state index in [-0.39, 0.29) is 11.7 Å². The molecule has 0 aromatic heterocycles. The minimum absolute atomic E-state index is 0.0987. The molecule has 5 heteroatoms. The number of nitrogens with one attached hydrogen (secondary N) is 1. The number of carbonyl (C=O) groups is 1. The van der Waals surface area contributed by atoms with Gasteiger partial charge in [0.25, 0.3) is 0 Å². The van der Waals surface area contributed by atoms with Gasteiger partial charge >= 0.3 is 0 Å². The fourth-order valence-electron chi connectivity index (χ4n) is 2.49. The first kappa shape index (κ1) is 14.7. The number of carbonyl (C=O) groups excluding carboxylic acids is 1. The van der Waals surface area contributed by atoms with E-state index in [0.29, 0.717) is 5.69 Å². The van der Waals surface area contributed by atoms with Gasteiger partial charge in [0.1, 0.15) is 5.54 Å². The van der Waals surface area contributed by atoms with Crippen molar-refractivity contribution in [1.29, 1.82) is 5.26 Å². The van der Waals surface area contributed by atoms with Crippen LogP contribution in [-0.4, -0.2) is 17.2 Å². The molecule has 0 spiro atoms. The highest BCUT2D eigenvalue weighted by Crippen LogP contribution is 2.30. The Labute approximate surface area is 123 Å². The Kier molecular flexibility index (Phi) is 4.56. The number of anilines is 1. The second-order valence-electron chi connectivity index (χ2n) is 5.28. The van der Waals surface area contributed by atoms with E-state index in [9.17, 15) is 10.1 Å². The molecule has 0 heterocycles. The predicted octanol–water partition coefficient (Wildman–Crippen LogP) is 2.62. The van der Waals surface area contributed by atoms with Gasteiger partial charge in [-0.3, -0.25) is 4.79 Å². The van der Waals surface area contributed by atoms with E-state index in [1.807, 2.05) is 25.1 Å². The Morgan fingerprint density at radius 2 is 2.20 bits per heavy atom. The molecule has 20 heavy (non-hydrogen) atoms. The van der Waals surface area contributed by atoms with Crippen LogP contribution >= 0.6 is 11.8 Å². The number of nitrogen functional groups attached to an aromatic ring is 1. The summed E-state index contributed by atoms with van der Waals surface area (Å²) in [7, 11) is 0. The van der Waals surface area contributed by atoms with Crippen LogP contribution in [0.4, 0.5) is 5.69 Å². The third-order valence-electron chi connectivity index (χ3n) is 3.57. The van der Waals surface area contributed by atoms with Crippen LogP contribution < -0.4 is 11.1 Å². The van der Waals surface area contributed by atoms with Crippen molar-refractivity contribution in [3.05, 3.63) is 23.8 Å². The molecule has 1 fully saturated rings. The Hall–Kier alpha value is -1.67. The molecule has 0 bridgehead atoms. The van der Waals surface area contributed by atoms with Crippen LogP contribution in [0.5, 0.6) is 0 Å². The molecule has 1 aliphatic carbocycles. The molecule has 1 aliphatic rings. The molecular weight excluding hydrogens is 270 g/mol. The Balaban J connectivity index is 1.91. The molecule has 106 valence electrons. The zero-order chi connectivity index (χ0) is 14.6. The van der Waals surface area contributed by atoms with Crippen LogP contribution in [0.15, 0.2) is 23.1 Å². The van der Waals surface area contributed by atoms with E-state index in [2.05, 4.69) is 11.4 Å². The molecule has 1 saturated carbocycles. The van der Waals surface area contributed by atoms with Crippen molar-refractivity contribution in [3.8, 4) is 6.07 Å². The number of hydrogen-bond acceptors (Lipinski definition) is 4. The summed E-state index contributed by atoms with van der Waals surface area (Å²) >= 11 is 1.41. The smallest absolute Gasteiger partial charge is 0.231 e. The third kappa shape index (κ3) is 3.45. The third-order valence-corrected chi connectivity index (χ3v) is 4.66. The summed E-state index contributed by atoms with van der Waals surface area (Å²) in [6.45, 7) is 1.98. The zero-order valence-electron chi connectivity index (χ0n) is 11.6. The maximum Gasteiger partial charge on any atom is 0.231 e. The number of amides is 1. The second-order valence-corrected chi connectivity index (χ2v) is 6.30. The normalized spacial score (nSPS) is 16.6.